The maximum Gasteiger partial charge on any atom is 0.207 e. The Balaban J connectivity index is 2.51. The van der Waals surface area contributed by atoms with Crippen molar-refractivity contribution in [1.82, 2.24) is 5.32 Å². The fraction of sp³-hybridized carbons (Fsp3) is 0.300. The molecular weight excluding hydrogens is 150 g/mol. The summed E-state index contributed by atoms with van der Waals surface area (Å²) < 4.78 is 0. The van der Waals surface area contributed by atoms with Gasteiger partial charge in [-0.05, 0) is 24.5 Å². The van der Waals surface area contributed by atoms with Crippen LogP contribution in [0.1, 0.15) is 11.1 Å². The number of amides is 1. The molecule has 2 heteroatoms. The van der Waals surface area contributed by atoms with Gasteiger partial charge >= 0.3 is 0 Å². The highest BCUT2D eigenvalue weighted by Crippen LogP contribution is 2.06. The van der Waals surface area contributed by atoms with Crippen LogP contribution >= 0.6 is 0 Å². The number of aryl methyl sites for hydroxylation is 1. The molecule has 2 nitrogen and oxygen atoms in total. The summed E-state index contributed by atoms with van der Waals surface area (Å²) in [5.41, 5.74) is 2.58. The third-order valence-corrected chi connectivity index (χ3v) is 1.88. The molecule has 0 saturated carbocycles. The van der Waals surface area contributed by atoms with Crippen molar-refractivity contribution in [2.75, 3.05) is 6.54 Å². The Labute approximate surface area is 72.6 Å². The fourth-order valence-electron chi connectivity index (χ4n) is 1.16. The molecule has 1 aromatic rings. The van der Waals surface area contributed by atoms with Crippen molar-refractivity contribution in [3.05, 3.63) is 35.4 Å². The van der Waals surface area contributed by atoms with Crippen LogP contribution in [0.2, 0.25) is 0 Å². The Morgan fingerprint density at radius 3 is 2.83 bits per heavy atom. The smallest absolute Gasteiger partial charge is 0.207 e. The first-order chi connectivity index (χ1) is 5.84. The maximum atomic E-state index is 9.97. The third kappa shape index (κ3) is 2.38. The van der Waals surface area contributed by atoms with Gasteiger partial charge in [0.1, 0.15) is 0 Å². The quantitative estimate of drug-likeness (QED) is 0.526. The van der Waals surface area contributed by atoms with Crippen molar-refractivity contribution in [3.63, 3.8) is 0 Å². The van der Waals surface area contributed by atoms with E-state index in [4.69, 9.17) is 0 Å². The third-order valence-electron chi connectivity index (χ3n) is 1.88. The van der Waals surface area contributed by atoms with Gasteiger partial charge in [-0.2, -0.15) is 0 Å². The summed E-state index contributed by atoms with van der Waals surface area (Å²) >= 11 is 0. The summed E-state index contributed by atoms with van der Waals surface area (Å²) in [5.74, 6) is 0. The number of carbonyl (C=O) groups is 1. The molecule has 64 valence electrons. The van der Waals surface area contributed by atoms with Crippen LogP contribution in [0.5, 0.6) is 0 Å². The lowest BCUT2D eigenvalue weighted by Crippen LogP contribution is -2.14. The van der Waals surface area contributed by atoms with Crippen LogP contribution in [0.15, 0.2) is 24.3 Å². The fourth-order valence-corrected chi connectivity index (χ4v) is 1.16. The van der Waals surface area contributed by atoms with Gasteiger partial charge in [-0.25, -0.2) is 0 Å². The Kier molecular flexibility index (Phi) is 3.33. The zero-order valence-corrected chi connectivity index (χ0v) is 7.21. The van der Waals surface area contributed by atoms with Crippen LogP contribution in [0, 0.1) is 6.92 Å². The summed E-state index contributed by atoms with van der Waals surface area (Å²) in [6.07, 6.45) is 1.64. The summed E-state index contributed by atoms with van der Waals surface area (Å²) in [4.78, 5) is 9.97. The molecule has 1 rings (SSSR count). The van der Waals surface area contributed by atoms with E-state index < -0.39 is 0 Å². The van der Waals surface area contributed by atoms with Crippen LogP contribution in [0.25, 0.3) is 0 Å². The van der Waals surface area contributed by atoms with Gasteiger partial charge in [0.05, 0.1) is 0 Å². The van der Waals surface area contributed by atoms with Crippen molar-refractivity contribution in [2.24, 2.45) is 0 Å². The van der Waals surface area contributed by atoms with Gasteiger partial charge in [-0.15, -0.1) is 0 Å². The van der Waals surface area contributed by atoms with E-state index in [9.17, 15) is 4.79 Å². The number of benzene rings is 1. The zero-order valence-electron chi connectivity index (χ0n) is 7.21. The molecular formula is C10H13NO. The molecule has 0 fully saturated rings. The Morgan fingerprint density at radius 1 is 1.42 bits per heavy atom. The minimum Gasteiger partial charge on any atom is -0.358 e. The maximum absolute atomic E-state index is 9.97. The van der Waals surface area contributed by atoms with Gasteiger partial charge in [-0.3, -0.25) is 4.79 Å². The lowest BCUT2D eigenvalue weighted by molar-refractivity contribution is -0.109. The second kappa shape index (κ2) is 4.54. The van der Waals surface area contributed by atoms with Crippen molar-refractivity contribution in [2.45, 2.75) is 13.3 Å². The van der Waals surface area contributed by atoms with Crippen LogP contribution in [0.4, 0.5) is 0 Å². The minimum absolute atomic E-state index is 0.717. The number of nitrogens with one attached hydrogen (secondary N) is 1. The molecule has 1 amide bonds. The van der Waals surface area contributed by atoms with Gasteiger partial charge in [0.25, 0.3) is 0 Å². The van der Waals surface area contributed by atoms with Gasteiger partial charge < -0.3 is 5.32 Å². The lowest BCUT2D eigenvalue weighted by atomic mass is 10.1. The first kappa shape index (κ1) is 8.78. The Hall–Kier alpha value is -1.31. The van der Waals surface area contributed by atoms with Crippen LogP contribution < -0.4 is 5.32 Å². The van der Waals surface area contributed by atoms with Crippen molar-refractivity contribution < 1.29 is 4.79 Å². The molecule has 0 aliphatic heterocycles. The van der Waals surface area contributed by atoms with E-state index in [1.165, 1.54) is 11.1 Å². The van der Waals surface area contributed by atoms with E-state index in [0.717, 1.165) is 12.8 Å². The molecule has 0 atom stereocenters. The molecule has 1 N–H and O–H groups in total. The molecule has 0 bridgehead atoms. The van der Waals surface area contributed by atoms with E-state index in [2.05, 4.69) is 24.4 Å². The number of hydrogen-bond acceptors (Lipinski definition) is 1. The summed E-state index contributed by atoms with van der Waals surface area (Å²) in [5, 5.41) is 2.64. The molecule has 1 aromatic carbocycles. The highest BCUT2D eigenvalue weighted by atomic mass is 16.1. The topological polar surface area (TPSA) is 29.1 Å². The molecule has 0 radical (unpaired) electrons. The standard InChI is InChI=1S/C10H13NO/c1-9-4-2-3-5-10(9)6-7-11-8-12/h2-5,8H,6-7H2,1H3,(H,11,12). The van der Waals surface area contributed by atoms with Gasteiger partial charge in [0, 0.05) is 6.54 Å². The molecule has 0 aliphatic carbocycles. The molecule has 0 aliphatic rings. The Bertz CT molecular complexity index is 258. The Morgan fingerprint density at radius 2 is 2.17 bits per heavy atom. The first-order valence-electron chi connectivity index (χ1n) is 4.06. The SMILES string of the molecule is Cc1ccccc1CCNC=O. The monoisotopic (exact) mass is 163 g/mol. The second-order valence-electron chi connectivity index (χ2n) is 2.75. The minimum atomic E-state index is 0.717. The lowest BCUT2D eigenvalue weighted by Gasteiger charge is -2.03. The molecule has 0 saturated heterocycles. The van der Waals surface area contributed by atoms with E-state index in [0.29, 0.717) is 6.54 Å². The van der Waals surface area contributed by atoms with Crippen LogP contribution in [-0.4, -0.2) is 13.0 Å². The molecule has 0 spiro atoms. The first-order valence-corrected chi connectivity index (χ1v) is 4.06. The van der Waals surface area contributed by atoms with E-state index in [-0.39, 0.29) is 0 Å². The highest BCUT2D eigenvalue weighted by Gasteiger charge is 1.94. The molecule has 0 heterocycles. The largest absolute Gasteiger partial charge is 0.358 e. The van der Waals surface area contributed by atoms with Gasteiger partial charge in [0.2, 0.25) is 6.41 Å². The van der Waals surface area contributed by atoms with Gasteiger partial charge in [-0.1, -0.05) is 24.3 Å². The molecule has 0 aromatic heterocycles. The summed E-state index contributed by atoms with van der Waals surface area (Å²) in [7, 11) is 0. The van der Waals surface area contributed by atoms with E-state index in [1.54, 1.807) is 0 Å². The van der Waals surface area contributed by atoms with Crippen LogP contribution in [0.3, 0.4) is 0 Å². The van der Waals surface area contributed by atoms with E-state index >= 15 is 0 Å². The van der Waals surface area contributed by atoms with Crippen molar-refractivity contribution >= 4 is 6.41 Å². The summed E-state index contributed by atoms with van der Waals surface area (Å²) in [6.45, 7) is 2.80. The van der Waals surface area contributed by atoms with Gasteiger partial charge in [0.15, 0.2) is 0 Å². The highest BCUT2D eigenvalue weighted by molar-refractivity contribution is 5.45. The average Bonchev–Trinajstić information content (AvgIpc) is 2.09. The molecule has 0 unspecified atom stereocenters. The predicted octanol–water partition coefficient (Wildman–Crippen LogP) is 1.28. The predicted molar refractivity (Wildman–Crippen MR) is 48.9 cm³/mol. The second-order valence-corrected chi connectivity index (χ2v) is 2.75. The molecule has 12 heavy (non-hydrogen) atoms. The van der Waals surface area contributed by atoms with Crippen molar-refractivity contribution in [1.29, 1.82) is 0 Å². The van der Waals surface area contributed by atoms with E-state index in [1.807, 2.05) is 12.1 Å². The summed E-state index contributed by atoms with van der Waals surface area (Å²) in [6, 6.07) is 8.20. The number of carbonyl (C=O) groups excluding carboxylic acids is 1. The zero-order chi connectivity index (χ0) is 8.81. The normalized spacial score (nSPS) is 9.42. The number of rotatable bonds is 4. The average molecular weight is 163 g/mol. The van der Waals surface area contributed by atoms with Crippen LogP contribution in [-0.2, 0) is 11.2 Å². The number of hydrogen-bond donors (Lipinski definition) is 1. The van der Waals surface area contributed by atoms with Crippen molar-refractivity contribution in [3.8, 4) is 0 Å².